The molecule has 2 rings (SSSR count). The molecular formula is C9H16O3. The first-order chi connectivity index (χ1) is 5.84. The van der Waals surface area contributed by atoms with Crippen molar-refractivity contribution in [1.29, 1.82) is 0 Å². The van der Waals surface area contributed by atoms with Crippen molar-refractivity contribution in [2.45, 2.75) is 51.3 Å². The van der Waals surface area contributed by atoms with Crippen LogP contribution >= 0.6 is 0 Å². The molecule has 12 heavy (non-hydrogen) atoms. The van der Waals surface area contributed by atoms with Crippen LogP contribution in [0.2, 0.25) is 0 Å². The molecule has 2 heterocycles. The Kier molecular flexibility index (Phi) is 2.63. The van der Waals surface area contributed by atoms with Crippen molar-refractivity contribution in [2.24, 2.45) is 0 Å². The van der Waals surface area contributed by atoms with Gasteiger partial charge in [-0.25, -0.2) is 0 Å². The molecule has 0 aromatic rings. The maximum absolute atomic E-state index is 5.60. The van der Waals surface area contributed by atoms with E-state index in [0.29, 0.717) is 6.10 Å². The first kappa shape index (κ1) is 8.48. The molecule has 2 fully saturated rings. The molecule has 0 aliphatic carbocycles. The van der Waals surface area contributed by atoms with Gasteiger partial charge in [0.15, 0.2) is 12.6 Å². The molecule has 2 aliphatic rings. The highest BCUT2D eigenvalue weighted by Gasteiger charge is 2.27. The summed E-state index contributed by atoms with van der Waals surface area (Å²) >= 11 is 0. The molecule has 70 valence electrons. The predicted molar refractivity (Wildman–Crippen MR) is 43.6 cm³/mol. The van der Waals surface area contributed by atoms with Crippen molar-refractivity contribution in [3.63, 3.8) is 0 Å². The van der Waals surface area contributed by atoms with Gasteiger partial charge >= 0.3 is 0 Å². The Morgan fingerprint density at radius 1 is 1.17 bits per heavy atom. The van der Waals surface area contributed by atoms with Crippen LogP contribution in [0.5, 0.6) is 0 Å². The molecule has 0 bridgehead atoms. The zero-order valence-electron chi connectivity index (χ0n) is 7.49. The number of rotatable bonds is 2. The van der Waals surface area contributed by atoms with Crippen LogP contribution in [0.1, 0.15) is 32.6 Å². The second-order valence-corrected chi connectivity index (χ2v) is 3.53. The van der Waals surface area contributed by atoms with E-state index in [0.717, 1.165) is 32.3 Å². The van der Waals surface area contributed by atoms with Crippen LogP contribution in [0.4, 0.5) is 0 Å². The van der Waals surface area contributed by atoms with Gasteiger partial charge in [0.2, 0.25) is 0 Å². The van der Waals surface area contributed by atoms with E-state index < -0.39 is 0 Å². The summed E-state index contributed by atoms with van der Waals surface area (Å²) in [6.07, 6.45) is 4.61. The van der Waals surface area contributed by atoms with E-state index in [4.69, 9.17) is 14.2 Å². The lowest BCUT2D eigenvalue weighted by atomic mass is 10.3. The summed E-state index contributed by atoms with van der Waals surface area (Å²) in [6.45, 7) is 2.92. The summed E-state index contributed by atoms with van der Waals surface area (Å²) in [5, 5.41) is 0. The first-order valence-corrected chi connectivity index (χ1v) is 4.77. The molecule has 0 saturated carbocycles. The van der Waals surface area contributed by atoms with Gasteiger partial charge < -0.3 is 14.2 Å². The van der Waals surface area contributed by atoms with Crippen LogP contribution in [0, 0.1) is 0 Å². The van der Waals surface area contributed by atoms with E-state index in [1.54, 1.807) is 0 Å². The lowest BCUT2D eigenvalue weighted by molar-refractivity contribution is -0.222. The number of ether oxygens (including phenoxy) is 3. The highest BCUT2D eigenvalue weighted by Crippen LogP contribution is 2.24. The molecule has 3 nitrogen and oxygen atoms in total. The summed E-state index contributed by atoms with van der Waals surface area (Å²) < 4.78 is 16.5. The second-order valence-electron chi connectivity index (χ2n) is 3.53. The summed E-state index contributed by atoms with van der Waals surface area (Å²) in [5.74, 6) is 0. The predicted octanol–water partition coefficient (Wildman–Crippen LogP) is 1.66. The van der Waals surface area contributed by atoms with Crippen molar-refractivity contribution in [3.8, 4) is 0 Å². The lowest BCUT2D eigenvalue weighted by Crippen LogP contribution is -2.21. The summed E-state index contributed by atoms with van der Waals surface area (Å²) in [7, 11) is 0. The Hall–Kier alpha value is -0.120. The third-order valence-corrected chi connectivity index (χ3v) is 2.38. The summed E-state index contributed by atoms with van der Waals surface area (Å²) in [4.78, 5) is 0. The Morgan fingerprint density at radius 3 is 2.67 bits per heavy atom. The highest BCUT2D eigenvalue weighted by atomic mass is 16.8. The van der Waals surface area contributed by atoms with E-state index in [1.165, 1.54) is 0 Å². The van der Waals surface area contributed by atoms with Crippen molar-refractivity contribution >= 4 is 0 Å². The van der Waals surface area contributed by atoms with Gasteiger partial charge in [-0.2, -0.15) is 0 Å². The Balaban J connectivity index is 1.72. The van der Waals surface area contributed by atoms with Gasteiger partial charge in [0.1, 0.15) is 0 Å². The molecule has 0 aromatic carbocycles. The smallest absolute Gasteiger partial charge is 0.161 e. The van der Waals surface area contributed by atoms with Gasteiger partial charge in [-0.1, -0.05) is 0 Å². The fourth-order valence-electron chi connectivity index (χ4n) is 1.69. The van der Waals surface area contributed by atoms with Gasteiger partial charge in [-0.05, 0) is 19.8 Å². The molecule has 0 amide bonds. The molecule has 0 radical (unpaired) electrons. The molecule has 2 aliphatic heterocycles. The highest BCUT2D eigenvalue weighted by molar-refractivity contribution is 4.65. The topological polar surface area (TPSA) is 27.7 Å². The largest absolute Gasteiger partial charge is 0.353 e. The first-order valence-electron chi connectivity index (χ1n) is 4.77. The normalized spacial score (nSPS) is 42.2. The molecular weight excluding hydrogens is 156 g/mol. The van der Waals surface area contributed by atoms with Crippen LogP contribution in [0.15, 0.2) is 0 Å². The van der Waals surface area contributed by atoms with Crippen molar-refractivity contribution in [3.05, 3.63) is 0 Å². The number of hydrogen-bond donors (Lipinski definition) is 0. The molecule has 2 saturated heterocycles. The third-order valence-electron chi connectivity index (χ3n) is 2.38. The van der Waals surface area contributed by atoms with Crippen molar-refractivity contribution in [2.75, 3.05) is 6.61 Å². The minimum absolute atomic E-state index is 0.000278. The molecule has 3 atom stereocenters. The second kappa shape index (κ2) is 3.73. The van der Waals surface area contributed by atoms with E-state index in [-0.39, 0.29) is 12.6 Å². The van der Waals surface area contributed by atoms with Gasteiger partial charge in [0.05, 0.1) is 6.10 Å². The fourth-order valence-corrected chi connectivity index (χ4v) is 1.69. The van der Waals surface area contributed by atoms with E-state index >= 15 is 0 Å². The van der Waals surface area contributed by atoms with E-state index in [1.807, 2.05) is 0 Å². The molecule has 3 unspecified atom stereocenters. The Bertz CT molecular complexity index is 143. The number of hydrogen-bond acceptors (Lipinski definition) is 3. The van der Waals surface area contributed by atoms with Crippen LogP contribution in [-0.4, -0.2) is 25.3 Å². The summed E-state index contributed by atoms with van der Waals surface area (Å²) in [5.41, 5.74) is 0. The van der Waals surface area contributed by atoms with Crippen LogP contribution < -0.4 is 0 Å². The third kappa shape index (κ3) is 1.97. The zero-order valence-corrected chi connectivity index (χ0v) is 7.49. The van der Waals surface area contributed by atoms with Crippen LogP contribution in [0.3, 0.4) is 0 Å². The Labute approximate surface area is 73.0 Å². The minimum atomic E-state index is -0.0110. The Morgan fingerprint density at radius 2 is 2.08 bits per heavy atom. The van der Waals surface area contributed by atoms with E-state index in [2.05, 4.69) is 6.92 Å². The van der Waals surface area contributed by atoms with Crippen molar-refractivity contribution < 1.29 is 14.2 Å². The molecule has 0 N–H and O–H groups in total. The monoisotopic (exact) mass is 172 g/mol. The van der Waals surface area contributed by atoms with Gasteiger partial charge in [-0.3, -0.25) is 0 Å². The average molecular weight is 172 g/mol. The maximum Gasteiger partial charge on any atom is 0.161 e. The van der Waals surface area contributed by atoms with Gasteiger partial charge in [0, 0.05) is 19.4 Å². The van der Waals surface area contributed by atoms with Crippen LogP contribution in [0.25, 0.3) is 0 Å². The molecule has 3 heteroatoms. The summed E-state index contributed by atoms with van der Waals surface area (Å²) in [6, 6.07) is 0. The minimum Gasteiger partial charge on any atom is -0.353 e. The maximum atomic E-state index is 5.60. The van der Waals surface area contributed by atoms with Gasteiger partial charge in [0.25, 0.3) is 0 Å². The van der Waals surface area contributed by atoms with E-state index in [9.17, 15) is 0 Å². The van der Waals surface area contributed by atoms with Gasteiger partial charge in [-0.15, -0.1) is 0 Å². The SMILES string of the molecule is CC1CCC(OC2CCCO2)O1. The standard InChI is InChI=1S/C9H16O3/c1-7-4-5-9(11-7)12-8-3-2-6-10-8/h7-9H,2-6H2,1H3. The average Bonchev–Trinajstić information content (AvgIpc) is 2.63. The van der Waals surface area contributed by atoms with Crippen LogP contribution in [-0.2, 0) is 14.2 Å². The lowest BCUT2D eigenvalue weighted by Gasteiger charge is -2.16. The van der Waals surface area contributed by atoms with Crippen molar-refractivity contribution in [1.82, 2.24) is 0 Å². The molecule has 0 spiro atoms. The quantitative estimate of drug-likeness (QED) is 0.634. The molecule has 0 aromatic heterocycles. The zero-order chi connectivity index (χ0) is 8.39. The fraction of sp³-hybridized carbons (Fsp3) is 1.00.